The van der Waals surface area contributed by atoms with E-state index in [-0.39, 0.29) is 11.2 Å². The summed E-state index contributed by atoms with van der Waals surface area (Å²) in [6, 6.07) is 7.56. The predicted molar refractivity (Wildman–Crippen MR) is 88.4 cm³/mol. The van der Waals surface area contributed by atoms with Gasteiger partial charge in [-0.25, -0.2) is 0 Å². The lowest BCUT2D eigenvalue weighted by molar-refractivity contribution is -0.115. The van der Waals surface area contributed by atoms with Crippen molar-refractivity contribution in [2.45, 2.75) is 31.8 Å². The van der Waals surface area contributed by atoms with Crippen molar-refractivity contribution in [1.29, 1.82) is 0 Å². The minimum Gasteiger partial charge on any atom is -0.495 e. The quantitative estimate of drug-likeness (QED) is 0.881. The van der Waals surface area contributed by atoms with Gasteiger partial charge < -0.3 is 14.6 Å². The van der Waals surface area contributed by atoms with Crippen molar-refractivity contribution < 1.29 is 14.1 Å². The lowest BCUT2D eigenvalue weighted by Gasteiger charge is -2.14. The largest absolute Gasteiger partial charge is 0.495 e. The van der Waals surface area contributed by atoms with Crippen molar-refractivity contribution >= 4 is 23.4 Å². The van der Waals surface area contributed by atoms with Crippen LogP contribution in [0.1, 0.15) is 23.9 Å². The SMILES string of the molecule is COc1ccc(C)cc1NC(=O)[C@H](C)SCc1cc(C)no1. The molecule has 2 rings (SSSR count). The van der Waals surface area contributed by atoms with E-state index in [1.54, 1.807) is 7.11 Å². The van der Waals surface area contributed by atoms with Gasteiger partial charge in [-0.2, -0.15) is 0 Å². The van der Waals surface area contributed by atoms with Crippen LogP contribution in [-0.2, 0) is 10.5 Å². The molecule has 0 saturated heterocycles. The number of carbonyl (C=O) groups is 1. The molecule has 1 N–H and O–H groups in total. The number of ether oxygens (including phenoxy) is 1. The highest BCUT2D eigenvalue weighted by Gasteiger charge is 2.16. The Morgan fingerprint density at radius 2 is 2.18 bits per heavy atom. The van der Waals surface area contributed by atoms with Gasteiger partial charge in [-0.3, -0.25) is 4.79 Å². The molecule has 2 aromatic rings. The highest BCUT2D eigenvalue weighted by atomic mass is 32.2. The number of amides is 1. The number of hydrogen-bond donors (Lipinski definition) is 1. The molecule has 22 heavy (non-hydrogen) atoms. The number of nitrogens with zero attached hydrogens (tertiary/aromatic N) is 1. The number of benzene rings is 1. The zero-order valence-electron chi connectivity index (χ0n) is 13.2. The van der Waals surface area contributed by atoms with E-state index in [4.69, 9.17) is 9.26 Å². The summed E-state index contributed by atoms with van der Waals surface area (Å²) in [5.41, 5.74) is 2.60. The fourth-order valence-electron chi connectivity index (χ4n) is 1.92. The smallest absolute Gasteiger partial charge is 0.237 e. The molecule has 5 nitrogen and oxygen atoms in total. The number of aryl methyl sites for hydroxylation is 2. The monoisotopic (exact) mass is 320 g/mol. The van der Waals surface area contributed by atoms with Crippen LogP contribution in [0.25, 0.3) is 0 Å². The Balaban J connectivity index is 1.95. The molecule has 0 aliphatic heterocycles. The summed E-state index contributed by atoms with van der Waals surface area (Å²) < 4.78 is 10.4. The molecule has 0 fully saturated rings. The van der Waals surface area contributed by atoms with Gasteiger partial charge in [0.2, 0.25) is 5.91 Å². The molecular weight excluding hydrogens is 300 g/mol. The van der Waals surface area contributed by atoms with E-state index in [1.807, 2.05) is 45.0 Å². The maximum Gasteiger partial charge on any atom is 0.237 e. The van der Waals surface area contributed by atoms with Gasteiger partial charge in [0.1, 0.15) is 11.5 Å². The summed E-state index contributed by atoms with van der Waals surface area (Å²) in [5, 5.41) is 6.53. The number of nitrogens with one attached hydrogen (secondary N) is 1. The molecule has 1 aromatic carbocycles. The second kappa shape index (κ2) is 7.35. The van der Waals surface area contributed by atoms with Crippen LogP contribution in [0.4, 0.5) is 5.69 Å². The van der Waals surface area contributed by atoms with Gasteiger partial charge in [-0.15, -0.1) is 11.8 Å². The molecule has 1 amide bonds. The van der Waals surface area contributed by atoms with Gasteiger partial charge in [0.25, 0.3) is 0 Å². The van der Waals surface area contributed by atoms with Gasteiger partial charge in [0.05, 0.1) is 29.5 Å². The molecule has 0 radical (unpaired) electrons. The first kappa shape index (κ1) is 16.4. The maximum atomic E-state index is 12.3. The average Bonchev–Trinajstić information content (AvgIpc) is 2.90. The Kier molecular flexibility index (Phi) is 5.49. The van der Waals surface area contributed by atoms with Crippen LogP contribution >= 0.6 is 11.8 Å². The zero-order valence-corrected chi connectivity index (χ0v) is 14.0. The fraction of sp³-hybridized carbons (Fsp3) is 0.375. The summed E-state index contributed by atoms with van der Waals surface area (Å²) in [7, 11) is 1.59. The Morgan fingerprint density at radius 1 is 1.41 bits per heavy atom. The summed E-state index contributed by atoms with van der Waals surface area (Å²) >= 11 is 1.50. The van der Waals surface area contributed by atoms with Crippen molar-refractivity contribution in [3.63, 3.8) is 0 Å². The topological polar surface area (TPSA) is 64.4 Å². The average molecular weight is 320 g/mol. The molecule has 1 aromatic heterocycles. The van der Waals surface area contributed by atoms with E-state index >= 15 is 0 Å². The van der Waals surface area contributed by atoms with Gasteiger partial charge in [0, 0.05) is 6.07 Å². The minimum absolute atomic E-state index is 0.0647. The van der Waals surface area contributed by atoms with E-state index in [2.05, 4.69) is 10.5 Å². The first-order valence-corrected chi connectivity index (χ1v) is 8.03. The van der Waals surface area contributed by atoms with Crippen LogP contribution in [-0.4, -0.2) is 23.4 Å². The van der Waals surface area contributed by atoms with Gasteiger partial charge in [-0.1, -0.05) is 11.2 Å². The molecular formula is C16H20N2O3S. The number of thioether (sulfide) groups is 1. The number of anilines is 1. The third-order valence-corrected chi connectivity index (χ3v) is 4.30. The Bertz CT molecular complexity index is 655. The first-order valence-electron chi connectivity index (χ1n) is 6.99. The lowest BCUT2D eigenvalue weighted by Crippen LogP contribution is -2.23. The highest BCUT2D eigenvalue weighted by molar-refractivity contribution is 7.99. The van der Waals surface area contributed by atoms with Crippen LogP contribution in [0.2, 0.25) is 0 Å². The number of aromatic nitrogens is 1. The van der Waals surface area contributed by atoms with E-state index in [0.717, 1.165) is 17.0 Å². The molecule has 0 saturated carbocycles. The van der Waals surface area contributed by atoms with E-state index in [9.17, 15) is 4.79 Å². The van der Waals surface area contributed by atoms with E-state index < -0.39 is 0 Å². The zero-order chi connectivity index (χ0) is 16.1. The Hall–Kier alpha value is -1.95. The summed E-state index contributed by atoms with van der Waals surface area (Å²) in [6.07, 6.45) is 0. The minimum atomic E-state index is -0.212. The lowest BCUT2D eigenvalue weighted by atomic mass is 10.2. The fourth-order valence-corrected chi connectivity index (χ4v) is 2.68. The van der Waals surface area contributed by atoms with Crippen LogP contribution < -0.4 is 10.1 Å². The second-order valence-electron chi connectivity index (χ2n) is 5.08. The molecule has 0 unspecified atom stereocenters. The number of hydrogen-bond acceptors (Lipinski definition) is 5. The molecule has 1 atom stereocenters. The Morgan fingerprint density at radius 3 is 2.82 bits per heavy atom. The first-order chi connectivity index (χ1) is 10.5. The second-order valence-corrected chi connectivity index (χ2v) is 6.41. The van der Waals surface area contributed by atoms with Crippen molar-refractivity contribution in [3.8, 4) is 5.75 Å². The van der Waals surface area contributed by atoms with Crippen LogP contribution in [0.3, 0.4) is 0 Å². The summed E-state index contributed by atoms with van der Waals surface area (Å²) in [5.74, 6) is 1.97. The van der Waals surface area contributed by atoms with E-state index in [0.29, 0.717) is 17.2 Å². The number of carbonyl (C=O) groups excluding carboxylic acids is 1. The third-order valence-electron chi connectivity index (χ3n) is 3.13. The molecule has 1 heterocycles. The van der Waals surface area contributed by atoms with Crippen LogP contribution in [0.15, 0.2) is 28.8 Å². The molecule has 0 bridgehead atoms. The van der Waals surface area contributed by atoms with Gasteiger partial charge >= 0.3 is 0 Å². The molecule has 0 spiro atoms. The number of rotatable bonds is 6. The summed E-state index contributed by atoms with van der Waals surface area (Å²) in [4.78, 5) is 12.3. The van der Waals surface area contributed by atoms with Gasteiger partial charge in [-0.05, 0) is 38.5 Å². The van der Waals surface area contributed by atoms with Crippen molar-refractivity contribution in [2.75, 3.05) is 12.4 Å². The van der Waals surface area contributed by atoms with Gasteiger partial charge in [0.15, 0.2) is 0 Å². The van der Waals surface area contributed by atoms with Crippen molar-refractivity contribution in [2.24, 2.45) is 0 Å². The Labute approximate surface area is 134 Å². The van der Waals surface area contributed by atoms with Crippen molar-refractivity contribution in [3.05, 3.63) is 41.3 Å². The molecule has 0 aliphatic carbocycles. The van der Waals surface area contributed by atoms with E-state index in [1.165, 1.54) is 11.8 Å². The normalized spacial score (nSPS) is 12.0. The highest BCUT2D eigenvalue weighted by Crippen LogP contribution is 2.26. The van der Waals surface area contributed by atoms with Crippen LogP contribution in [0.5, 0.6) is 5.75 Å². The summed E-state index contributed by atoms with van der Waals surface area (Å²) in [6.45, 7) is 5.71. The molecule has 6 heteroatoms. The maximum absolute atomic E-state index is 12.3. The molecule has 0 aliphatic rings. The predicted octanol–water partition coefficient (Wildman–Crippen LogP) is 3.56. The standard InChI is InChI=1S/C16H20N2O3S/c1-10-5-6-15(20-4)14(7-10)17-16(19)12(3)22-9-13-8-11(2)18-21-13/h5-8,12H,9H2,1-4H3,(H,17,19)/t12-/m0/s1. The number of methoxy groups -OCH3 is 1. The third kappa shape index (κ3) is 4.27. The van der Waals surface area contributed by atoms with Crippen molar-refractivity contribution in [1.82, 2.24) is 5.16 Å². The van der Waals surface area contributed by atoms with Crippen LogP contribution in [0, 0.1) is 13.8 Å². The molecule has 118 valence electrons.